The number of benzene rings is 1. The van der Waals surface area contributed by atoms with Crippen LogP contribution in [0, 0.1) is 0 Å². The molecule has 64 valence electrons. The maximum atomic E-state index is 9.79. The number of hydrogen-bond acceptors (Lipinski definition) is 2. The first-order chi connectivity index (χ1) is 5.72. The van der Waals surface area contributed by atoms with Gasteiger partial charge in [0.1, 0.15) is 11.7 Å². The van der Waals surface area contributed by atoms with Crippen molar-refractivity contribution in [1.29, 1.82) is 0 Å². The van der Waals surface area contributed by atoms with E-state index in [0.29, 0.717) is 6.61 Å². The predicted molar refractivity (Wildman–Crippen MR) is 45.8 cm³/mol. The summed E-state index contributed by atoms with van der Waals surface area (Å²) < 4.78 is 5.16. The molecule has 0 radical (unpaired) electrons. The molecule has 12 heavy (non-hydrogen) atoms. The first-order valence-corrected chi connectivity index (χ1v) is 4.09. The molecule has 2 atom stereocenters. The maximum Gasteiger partial charge on any atom is 0.119 e. The summed E-state index contributed by atoms with van der Waals surface area (Å²) in [6.07, 6.45) is -0.487. The van der Waals surface area contributed by atoms with Gasteiger partial charge in [0.25, 0.3) is 0 Å². The van der Waals surface area contributed by atoms with Crippen LogP contribution in [-0.2, 0) is 4.74 Å². The topological polar surface area (TPSA) is 32.8 Å². The molecule has 1 aliphatic heterocycles. The zero-order valence-corrected chi connectivity index (χ0v) is 7.03. The van der Waals surface area contributed by atoms with Crippen molar-refractivity contribution in [3.8, 4) is 0 Å². The molecular weight excluding hydrogens is 152 g/mol. The predicted octanol–water partition coefficient (Wildman–Crippen LogP) is 1.51. The van der Waals surface area contributed by atoms with Gasteiger partial charge in [0.2, 0.25) is 0 Å². The molecule has 1 saturated heterocycles. The third-order valence-corrected chi connectivity index (χ3v) is 2.29. The molecule has 0 aromatic heterocycles. The summed E-state index contributed by atoms with van der Waals surface area (Å²) >= 11 is 0. The Bertz CT molecular complexity index is 264. The van der Waals surface area contributed by atoms with Gasteiger partial charge in [0.15, 0.2) is 0 Å². The van der Waals surface area contributed by atoms with Crippen molar-refractivity contribution >= 4 is 0 Å². The molecule has 1 aliphatic rings. The van der Waals surface area contributed by atoms with E-state index in [1.54, 1.807) is 0 Å². The molecule has 1 aromatic carbocycles. The average molecular weight is 164 g/mol. The second kappa shape index (κ2) is 2.57. The van der Waals surface area contributed by atoms with Crippen molar-refractivity contribution in [1.82, 2.24) is 0 Å². The fourth-order valence-corrected chi connectivity index (χ4v) is 1.26. The van der Waals surface area contributed by atoms with E-state index in [1.807, 2.05) is 37.3 Å². The SMILES string of the molecule is CC1(C(O)c2ccccc2)CO1. The van der Waals surface area contributed by atoms with Crippen molar-refractivity contribution in [2.24, 2.45) is 0 Å². The van der Waals surface area contributed by atoms with E-state index < -0.39 is 6.10 Å². The van der Waals surface area contributed by atoms with Crippen LogP contribution < -0.4 is 0 Å². The Hall–Kier alpha value is -0.860. The fraction of sp³-hybridized carbons (Fsp3) is 0.400. The molecule has 2 heteroatoms. The van der Waals surface area contributed by atoms with Gasteiger partial charge in [-0.1, -0.05) is 30.3 Å². The van der Waals surface area contributed by atoms with E-state index >= 15 is 0 Å². The van der Waals surface area contributed by atoms with Crippen LogP contribution in [-0.4, -0.2) is 17.3 Å². The normalized spacial score (nSPS) is 29.8. The van der Waals surface area contributed by atoms with E-state index in [2.05, 4.69) is 0 Å². The average Bonchev–Trinajstić information content (AvgIpc) is 2.85. The first kappa shape index (κ1) is 7.77. The molecule has 2 nitrogen and oxygen atoms in total. The minimum atomic E-state index is -0.487. The molecule has 1 heterocycles. The molecular formula is C10H12O2. The smallest absolute Gasteiger partial charge is 0.119 e. The largest absolute Gasteiger partial charge is 0.385 e. The monoisotopic (exact) mass is 164 g/mol. The van der Waals surface area contributed by atoms with E-state index in [0.717, 1.165) is 5.56 Å². The summed E-state index contributed by atoms with van der Waals surface area (Å²) in [5.74, 6) is 0. The highest BCUT2D eigenvalue weighted by atomic mass is 16.6. The number of rotatable bonds is 2. The van der Waals surface area contributed by atoms with Gasteiger partial charge in [-0.3, -0.25) is 0 Å². The van der Waals surface area contributed by atoms with Crippen LogP contribution in [0.25, 0.3) is 0 Å². The highest BCUT2D eigenvalue weighted by Gasteiger charge is 2.46. The first-order valence-electron chi connectivity index (χ1n) is 4.09. The van der Waals surface area contributed by atoms with Crippen molar-refractivity contribution in [3.05, 3.63) is 35.9 Å². The van der Waals surface area contributed by atoms with Crippen molar-refractivity contribution in [2.75, 3.05) is 6.61 Å². The minimum absolute atomic E-state index is 0.332. The number of hydrogen-bond donors (Lipinski definition) is 1. The van der Waals surface area contributed by atoms with Crippen LogP contribution >= 0.6 is 0 Å². The third-order valence-electron chi connectivity index (χ3n) is 2.29. The van der Waals surface area contributed by atoms with Crippen molar-refractivity contribution in [2.45, 2.75) is 18.6 Å². The van der Waals surface area contributed by atoms with Gasteiger partial charge in [-0.15, -0.1) is 0 Å². The summed E-state index contributed by atoms with van der Waals surface area (Å²) in [7, 11) is 0. The lowest BCUT2D eigenvalue weighted by Crippen LogP contribution is -2.17. The standard InChI is InChI=1S/C10H12O2/c1-10(7-12-10)9(11)8-5-3-2-4-6-8/h2-6,9,11H,7H2,1H3. The van der Waals surface area contributed by atoms with E-state index in [-0.39, 0.29) is 5.60 Å². The van der Waals surface area contributed by atoms with Gasteiger partial charge in [-0.25, -0.2) is 0 Å². The Balaban J connectivity index is 2.20. The fourth-order valence-electron chi connectivity index (χ4n) is 1.26. The Labute approximate surface area is 71.8 Å². The molecule has 1 fully saturated rings. The molecule has 1 aromatic rings. The molecule has 0 bridgehead atoms. The molecule has 1 N–H and O–H groups in total. The second-order valence-electron chi connectivity index (χ2n) is 3.41. The summed E-state index contributed by atoms with van der Waals surface area (Å²) in [6, 6.07) is 9.61. The summed E-state index contributed by atoms with van der Waals surface area (Å²) in [5.41, 5.74) is 0.596. The maximum absolute atomic E-state index is 9.79. The quantitative estimate of drug-likeness (QED) is 0.672. The Morgan fingerprint density at radius 2 is 2.00 bits per heavy atom. The van der Waals surface area contributed by atoms with Gasteiger partial charge < -0.3 is 9.84 Å². The van der Waals surface area contributed by atoms with Crippen LogP contribution in [0.15, 0.2) is 30.3 Å². The van der Waals surface area contributed by atoms with Gasteiger partial charge in [-0.05, 0) is 12.5 Å². The lowest BCUT2D eigenvalue weighted by molar-refractivity contribution is 0.0849. The second-order valence-corrected chi connectivity index (χ2v) is 3.41. The molecule has 0 saturated carbocycles. The number of epoxide rings is 1. The number of aliphatic hydroxyl groups is 1. The van der Waals surface area contributed by atoms with Gasteiger partial charge >= 0.3 is 0 Å². The Morgan fingerprint density at radius 3 is 2.50 bits per heavy atom. The summed E-state index contributed by atoms with van der Waals surface area (Å²) in [6.45, 7) is 2.58. The zero-order valence-electron chi connectivity index (χ0n) is 7.03. The zero-order chi connectivity index (χ0) is 8.60. The van der Waals surface area contributed by atoms with E-state index in [4.69, 9.17) is 4.74 Å². The number of ether oxygens (including phenoxy) is 1. The lowest BCUT2D eigenvalue weighted by atomic mass is 9.98. The van der Waals surface area contributed by atoms with E-state index in [1.165, 1.54) is 0 Å². The molecule has 0 spiro atoms. The van der Waals surface area contributed by atoms with Crippen LogP contribution in [0.4, 0.5) is 0 Å². The minimum Gasteiger partial charge on any atom is -0.385 e. The highest BCUT2D eigenvalue weighted by Crippen LogP contribution is 2.39. The van der Waals surface area contributed by atoms with Gasteiger partial charge in [-0.2, -0.15) is 0 Å². The number of aliphatic hydroxyl groups excluding tert-OH is 1. The van der Waals surface area contributed by atoms with Crippen LogP contribution in [0.1, 0.15) is 18.6 Å². The summed E-state index contributed by atoms with van der Waals surface area (Å²) in [4.78, 5) is 0. The van der Waals surface area contributed by atoms with Crippen LogP contribution in [0.3, 0.4) is 0 Å². The molecule has 0 amide bonds. The van der Waals surface area contributed by atoms with Gasteiger partial charge in [0, 0.05) is 0 Å². The summed E-state index contributed by atoms with van der Waals surface area (Å²) in [5, 5.41) is 9.79. The van der Waals surface area contributed by atoms with Crippen LogP contribution in [0.5, 0.6) is 0 Å². The van der Waals surface area contributed by atoms with E-state index in [9.17, 15) is 5.11 Å². The van der Waals surface area contributed by atoms with Gasteiger partial charge in [0.05, 0.1) is 6.61 Å². The molecule has 2 rings (SSSR count). The highest BCUT2D eigenvalue weighted by molar-refractivity contribution is 5.21. The molecule has 0 aliphatic carbocycles. The van der Waals surface area contributed by atoms with Crippen molar-refractivity contribution in [3.63, 3.8) is 0 Å². The Morgan fingerprint density at radius 1 is 1.42 bits per heavy atom. The van der Waals surface area contributed by atoms with Crippen LogP contribution in [0.2, 0.25) is 0 Å². The lowest BCUT2D eigenvalue weighted by Gasteiger charge is -2.14. The Kier molecular flexibility index (Phi) is 1.67. The molecule has 2 unspecified atom stereocenters. The van der Waals surface area contributed by atoms with Crippen molar-refractivity contribution < 1.29 is 9.84 Å². The third kappa shape index (κ3) is 1.24.